The van der Waals surface area contributed by atoms with Gasteiger partial charge in [0.1, 0.15) is 0 Å². The molecule has 0 saturated carbocycles. The average molecular weight is 265 g/mol. The van der Waals surface area contributed by atoms with E-state index in [4.69, 9.17) is 15.2 Å². The summed E-state index contributed by atoms with van der Waals surface area (Å²) in [5.41, 5.74) is 7.25. The second-order valence-electron chi connectivity index (χ2n) is 4.53. The molecule has 1 unspecified atom stereocenters. The Morgan fingerprint density at radius 3 is 2.53 bits per heavy atom. The summed E-state index contributed by atoms with van der Waals surface area (Å²) in [5, 5.41) is 9.25. The number of nitrogens with two attached hydrogens (primary N) is 1. The van der Waals surface area contributed by atoms with Crippen LogP contribution in [-0.4, -0.2) is 30.8 Å². The molecule has 5 heteroatoms. The number of aryl methyl sites for hydroxylation is 1. The van der Waals surface area contributed by atoms with Crippen molar-refractivity contribution in [2.75, 3.05) is 19.8 Å². The molecule has 1 aliphatic heterocycles. The molecule has 0 bridgehead atoms. The van der Waals surface area contributed by atoms with E-state index in [1.54, 1.807) is 6.07 Å². The van der Waals surface area contributed by atoms with Crippen molar-refractivity contribution in [2.45, 2.75) is 25.7 Å². The number of benzene rings is 1. The van der Waals surface area contributed by atoms with Crippen LogP contribution in [0.15, 0.2) is 12.1 Å². The summed E-state index contributed by atoms with van der Waals surface area (Å²) in [4.78, 5) is 11.3. The summed E-state index contributed by atoms with van der Waals surface area (Å²) >= 11 is 0. The van der Waals surface area contributed by atoms with E-state index in [0.717, 1.165) is 24.0 Å². The fourth-order valence-corrected chi connectivity index (χ4v) is 2.26. The van der Waals surface area contributed by atoms with Crippen molar-refractivity contribution in [3.63, 3.8) is 0 Å². The largest absolute Gasteiger partial charge is 0.490 e. The van der Waals surface area contributed by atoms with Gasteiger partial charge < -0.3 is 20.3 Å². The van der Waals surface area contributed by atoms with Crippen molar-refractivity contribution >= 4 is 5.97 Å². The van der Waals surface area contributed by atoms with Crippen molar-refractivity contribution in [2.24, 2.45) is 5.73 Å². The highest BCUT2D eigenvalue weighted by Gasteiger charge is 2.24. The highest BCUT2D eigenvalue weighted by Crippen LogP contribution is 2.35. The Kier molecular flexibility index (Phi) is 4.27. The molecule has 5 nitrogen and oxygen atoms in total. The van der Waals surface area contributed by atoms with Crippen LogP contribution in [0.4, 0.5) is 0 Å². The standard InChI is InChI=1S/C14H19NO4/c1-2-9-6-12-13(19-5-3-4-18-12)7-10(9)11(8-15)14(16)17/h6-7,11H,2-5,8,15H2,1H3,(H,16,17). The zero-order chi connectivity index (χ0) is 13.8. The lowest BCUT2D eigenvalue weighted by Gasteiger charge is -2.18. The molecule has 0 aromatic heterocycles. The van der Waals surface area contributed by atoms with Gasteiger partial charge in [-0.1, -0.05) is 6.92 Å². The van der Waals surface area contributed by atoms with Crippen molar-refractivity contribution in [1.82, 2.24) is 0 Å². The number of hydrogen-bond donors (Lipinski definition) is 2. The Balaban J connectivity index is 2.47. The van der Waals surface area contributed by atoms with E-state index in [2.05, 4.69) is 0 Å². The van der Waals surface area contributed by atoms with E-state index in [9.17, 15) is 9.90 Å². The van der Waals surface area contributed by atoms with E-state index in [-0.39, 0.29) is 6.54 Å². The van der Waals surface area contributed by atoms with Crippen LogP contribution >= 0.6 is 0 Å². The molecule has 0 radical (unpaired) electrons. The van der Waals surface area contributed by atoms with Gasteiger partial charge in [0.2, 0.25) is 0 Å². The van der Waals surface area contributed by atoms with Crippen molar-refractivity contribution in [1.29, 1.82) is 0 Å². The number of carbonyl (C=O) groups is 1. The summed E-state index contributed by atoms with van der Waals surface area (Å²) in [5.74, 6) is -0.303. The van der Waals surface area contributed by atoms with Crippen LogP contribution in [0.2, 0.25) is 0 Å². The molecule has 0 saturated heterocycles. The monoisotopic (exact) mass is 265 g/mol. The molecule has 1 aromatic carbocycles. The third-order valence-electron chi connectivity index (χ3n) is 3.30. The molecule has 104 valence electrons. The van der Waals surface area contributed by atoms with Crippen LogP contribution in [0.1, 0.15) is 30.4 Å². The van der Waals surface area contributed by atoms with Gasteiger partial charge in [0.05, 0.1) is 19.1 Å². The third-order valence-corrected chi connectivity index (χ3v) is 3.30. The molecular weight excluding hydrogens is 246 g/mol. The molecule has 0 spiro atoms. The Morgan fingerprint density at radius 1 is 1.37 bits per heavy atom. The molecule has 2 rings (SSSR count). The van der Waals surface area contributed by atoms with E-state index in [1.165, 1.54) is 0 Å². The topological polar surface area (TPSA) is 81.8 Å². The van der Waals surface area contributed by atoms with Gasteiger partial charge in [-0.05, 0) is 29.7 Å². The maximum Gasteiger partial charge on any atom is 0.312 e. The molecule has 19 heavy (non-hydrogen) atoms. The van der Waals surface area contributed by atoms with E-state index in [0.29, 0.717) is 24.7 Å². The van der Waals surface area contributed by atoms with Gasteiger partial charge in [-0.3, -0.25) is 4.79 Å². The molecule has 3 N–H and O–H groups in total. The second-order valence-corrected chi connectivity index (χ2v) is 4.53. The SMILES string of the molecule is CCc1cc2c(cc1C(CN)C(=O)O)OCCCO2. The number of hydrogen-bond acceptors (Lipinski definition) is 4. The van der Waals surface area contributed by atoms with Gasteiger partial charge in [0.25, 0.3) is 0 Å². The Morgan fingerprint density at radius 2 is 2.00 bits per heavy atom. The van der Waals surface area contributed by atoms with Crippen LogP contribution in [0, 0.1) is 0 Å². The maximum absolute atomic E-state index is 11.3. The molecular formula is C14H19NO4. The molecule has 0 fully saturated rings. The first kappa shape index (κ1) is 13.7. The van der Waals surface area contributed by atoms with Crippen LogP contribution < -0.4 is 15.2 Å². The van der Waals surface area contributed by atoms with Crippen molar-refractivity contribution in [3.8, 4) is 11.5 Å². The Bertz CT molecular complexity index is 473. The number of aliphatic carboxylic acids is 1. The first-order chi connectivity index (χ1) is 9.17. The van der Waals surface area contributed by atoms with Gasteiger partial charge in [0.15, 0.2) is 11.5 Å². The van der Waals surface area contributed by atoms with Crippen LogP contribution in [-0.2, 0) is 11.2 Å². The first-order valence-electron chi connectivity index (χ1n) is 6.52. The van der Waals surface area contributed by atoms with Gasteiger partial charge in [-0.25, -0.2) is 0 Å². The lowest BCUT2D eigenvalue weighted by atomic mass is 9.92. The van der Waals surface area contributed by atoms with Crippen LogP contribution in [0.5, 0.6) is 11.5 Å². The average Bonchev–Trinajstić information content (AvgIpc) is 2.62. The minimum atomic E-state index is -0.910. The third kappa shape index (κ3) is 2.81. The molecule has 1 aromatic rings. The first-order valence-corrected chi connectivity index (χ1v) is 6.52. The highest BCUT2D eigenvalue weighted by molar-refractivity contribution is 5.77. The Hall–Kier alpha value is -1.75. The lowest BCUT2D eigenvalue weighted by molar-refractivity contribution is -0.138. The van der Waals surface area contributed by atoms with E-state index < -0.39 is 11.9 Å². The maximum atomic E-state index is 11.3. The number of carboxylic acid groups (broad SMARTS) is 1. The molecule has 1 atom stereocenters. The predicted octanol–water partition coefficient (Wildman–Crippen LogP) is 1.54. The van der Waals surface area contributed by atoms with Crippen molar-refractivity contribution in [3.05, 3.63) is 23.3 Å². The zero-order valence-electron chi connectivity index (χ0n) is 11.0. The molecule has 0 aliphatic carbocycles. The molecule has 1 heterocycles. The highest BCUT2D eigenvalue weighted by atomic mass is 16.5. The van der Waals surface area contributed by atoms with Gasteiger partial charge >= 0.3 is 5.97 Å². The number of rotatable bonds is 4. The number of fused-ring (bicyclic) bond motifs is 1. The van der Waals surface area contributed by atoms with E-state index in [1.807, 2.05) is 13.0 Å². The summed E-state index contributed by atoms with van der Waals surface area (Å²) in [6, 6.07) is 3.65. The summed E-state index contributed by atoms with van der Waals surface area (Å²) in [7, 11) is 0. The summed E-state index contributed by atoms with van der Waals surface area (Å²) in [6.45, 7) is 3.26. The smallest absolute Gasteiger partial charge is 0.312 e. The lowest BCUT2D eigenvalue weighted by Crippen LogP contribution is -2.22. The van der Waals surface area contributed by atoms with Gasteiger partial charge in [-0.2, -0.15) is 0 Å². The summed E-state index contributed by atoms with van der Waals surface area (Å²) < 4.78 is 11.2. The summed E-state index contributed by atoms with van der Waals surface area (Å²) in [6.07, 6.45) is 1.56. The zero-order valence-corrected chi connectivity index (χ0v) is 11.0. The number of carboxylic acids is 1. The second kappa shape index (κ2) is 5.93. The quantitative estimate of drug-likeness (QED) is 0.863. The van der Waals surface area contributed by atoms with Crippen molar-refractivity contribution < 1.29 is 19.4 Å². The fraction of sp³-hybridized carbons (Fsp3) is 0.500. The van der Waals surface area contributed by atoms with Crippen LogP contribution in [0.25, 0.3) is 0 Å². The van der Waals surface area contributed by atoms with Gasteiger partial charge in [0, 0.05) is 13.0 Å². The minimum Gasteiger partial charge on any atom is -0.490 e. The van der Waals surface area contributed by atoms with Gasteiger partial charge in [-0.15, -0.1) is 0 Å². The minimum absolute atomic E-state index is 0.0714. The van der Waals surface area contributed by atoms with E-state index >= 15 is 0 Å². The van der Waals surface area contributed by atoms with Crippen LogP contribution in [0.3, 0.4) is 0 Å². The molecule has 0 amide bonds. The molecule has 1 aliphatic rings. The predicted molar refractivity (Wildman–Crippen MR) is 70.9 cm³/mol. The fourth-order valence-electron chi connectivity index (χ4n) is 2.26. The number of ether oxygens (including phenoxy) is 2. The Labute approximate surface area is 112 Å². The normalized spacial score (nSPS) is 15.7.